The molecule has 124 valence electrons. The number of nitrogens with zero attached hydrogens (tertiary/aromatic N) is 3. The molecule has 0 aliphatic rings. The molecule has 0 atom stereocenters. The van der Waals surface area contributed by atoms with Crippen molar-refractivity contribution in [2.45, 2.75) is 13.5 Å². The second kappa shape index (κ2) is 8.54. The molecule has 0 radical (unpaired) electrons. The van der Waals surface area contributed by atoms with Gasteiger partial charge < -0.3 is 10.2 Å². The van der Waals surface area contributed by atoms with Crippen molar-refractivity contribution in [1.82, 2.24) is 10.4 Å². The van der Waals surface area contributed by atoms with Gasteiger partial charge in [0, 0.05) is 11.8 Å². The molecule has 0 saturated carbocycles. The fourth-order valence-electron chi connectivity index (χ4n) is 1.80. The first-order valence-corrected chi connectivity index (χ1v) is 7.14. The first-order chi connectivity index (χ1) is 11.6. The number of hydrogen-bond acceptors (Lipinski definition) is 5. The number of aliphatic imine (C=N–C) groups is 2. The van der Waals surface area contributed by atoms with Crippen LogP contribution >= 0.6 is 0 Å². The Morgan fingerprint density at radius 3 is 2.79 bits per heavy atom. The summed E-state index contributed by atoms with van der Waals surface area (Å²) in [5.74, 6) is 5.04. The third kappa shape index (κ3) is 4.72. The average Bonchev–Trinajstić information content (AvgIpc) is 2.62. The summed E-state index contributed by atoms with van der Waals surface area (Å²) in [6.07, 6.45) is 2.87. The predicted molar refractivity (Wildman–Crippen MR) is 92.9 cm³/mol. The Hall–Kier alpha value is -3.06. The smallest absolute Gasteiger partial charge is 0.250 e. The Kier molecular flexibility index (Phi) is 6.16. The standard InChI is InChI=1S/C17H18FN5O/c1-12(23-19)21-10-16(20-2)14-8-15(18)17(22-9-14)24-11-13-6-4-3-5-7-13/h3-10H,2,11,19H2,1H3,(H,21,23)/b16-10-. The third-order valence-corrected chi connectivity index (χ3v) is 3.08. The van der Waals surface area contributed by atoms with Crippen LogP contribution in [0.4, 0.5) is 4.39 Å². The molecule has 3 N–H and O–H groups in total. The summed E-state index contributed by atoms with van der Waals surface area (Å²) < 4.78 is 19.6. The molecule has 6 nitrogen and oxygen atoms in total. The van der Waals surface area contributed by atoms with Crippen molar-refractivity contribution in [2.24, 2.45) is 15.8 Å². The van der Waals surface area contributed by atoms with E-state index in [2.05, 4.69) is 27.1 Å². The zero-order chi connectivity index (χ0) is 17.4. The maximum Gasteiger partial charge on any atom is 0.250 e. The van der Waals surface area contributed by atoms with E-state index in [4.69, 9.17) is 10.6 Å². The molecule has 0 aliphatic heterocycles. The largest absolute Gasteiger partial charge is 0.471 e. The minimum atomic E-state index is -0.587. The van der Waals surface area contributed by atoms with Crippen molar-refractivity contribution in [3.05, 3.63) is 65.7 Å². The molecule has 1 aromatic heterocycles. The first kappa shape index (κ1) is 17.3. The van der Waals surface area contributed by atoms with Gasteiger partial charge in [-0.1, -0.05) is 30.3 Å². The van der Waals surface area contributed by atoms with Gasteiger partial charge >= 0.3 is 0 Å². The summed E-state index contributed by atoms with van der Waals surface area (Å²) in [5.41, 5.74) is 4.11. The van der Waals surface area contributed by atoms with Crippen molar-refractivity contribution < 1.29 is 9.13 Å². The summed E-state index contributed by atoms with van der Waals surface area (Å²) in [6.45, 7) is 5.36. The fourth-order valence-corrected chi connectivity index (χ4v) is 1.80. The molecule has 1 aromatic carbocycles. The van der Waals surface area contributed by atoms with Gasteiger partial charge in [0.1, 0.15) is 12.4 Å². The molecule has 2 rings (SSSR count). The molecule has 1 heterocycles. The van der Waals surface area contributed by atoms with Crippen LogP contribution in [0.2, 0.25) is 0 Å². The van der Waals surface area contributed by atoms with E-state index in [1.54, 1.807) is 6.92 Å². The fraction of sp³-hybridized carbons (Fsp3) is 0.118. The molecule has 0 aliphatic carbocycles. The zero-order valence-electron chi connectivity index (χ0n) is 13.2. The number of nitrogens with two attached hydrogens (primary N) is 1. The van der Waals surface area contributed by atoms with Crippen LogP contribution in [-0.4, -0.2) is 17.5 Å². The van der Waals surface area contributed by atoms with Crippen LogP contribution in [0.25, 0.3) is 5.70 Å². The number of amidine groups is 1. The van der Waals surface area contributed by atoms with Crippen LogP contribution in [0, 0.1) is 5.82 Å². The zero-order valence-corrected chi connectivity index (χ0v) is 13.2. The van der Waals surface area contributed by atoms with Crippen LogP contribution in [0.3, 0.4) is 0 Å². The van der Waals surface area contributed by atoms with E-state index in [1.807, 2.05) is 30.3 Å². The molecular formula is C17H18FN5O. The summed E-state index contributed by atoms with van der Waals surface area (Å²) in [7, 11) is 0. The maximum absolute atomic E-state index is 14.2. The van der Waals surface area contributed by atoms with Crippen molar-refractivity contribution in [3.63, 3.8) is 0 Å². The molecule has 2 aromatic rings. The van der Waals surface area contributed by atoms with Gasteiger partial charge in [-0.2, -0.15) is 0 Å². The highest BCUT2D eigenvalue weighted by molar-refractivity contribution is 5.80. The van der Waals surface area contributed by atoms with Crippen molar-refractivity contribution in [3.8, 4) is 5.88 Å². The Morgan fingerprint density at radius 2 is 2.17 bits per heavy atom. The van der Waals surface area contributed by atoms with Gasteiger partial charge in [-0.05, 0) is 25.3 Å². The number of nitrogens with one attached hydrogen (secondary N) is 1. The van der Waals surface area contributed by atoms with Crippen LogP contribution < -0.4 is 16.0 Å². The number of aromatic nitrogens is 1. The molecule has 24 heavy (non-hydrogen) atoms. The number of rotatable bonds is 6. The number of benzene rings is 1. The number of ether oxygens (including phenoxy) is 1. The van der Waals surface area contributed by atoms with Gasteiger partial charge in [-0.3, -0.25) is 4.99 Å². The SMILES string of the molecule is C=N/C(=C\N=C(C)NN)c1cnc(OCc2ccccc2)c(F)c1. The second-order valence-electron chi connectivity index (χ2n) is 4.82. The van der Waals surface area contributed by atoms with Crippen molar-refractivity contribution in [1.29, 1.82) is 0 Å². The first-order valence-electron chi connectivity index (χ1n) is 7.14. The van der Waals surface area contributed by atoms with Crippen LogP contribution in [-0.2, 0) is 6.61 Å². The highest BCUT2D eigenvalue weighted by Crippen LogP contribution is 2.21. The summed E-state index contributed by atoms with van der Waals surface area (Å²) in [4.78, 5) is 11.8. The number of halogens is 1. The van der Waals surface area contributed by atoms with Gasteiger partial charge in [0.25, 0.3) is 5.88 Å². The minimum absolute atomic E-state index is 0.0747. The van der Waals surface area contributed by atoms with Crippen LogP contribution in [0.5, 0.6) is 5.88 Å². The van der Waals surface area contributed by atoms with Gasteiger partial charge in [0.2, 0.25) is 0 Å². The Bertz CT molecular complexity index is 759. The molecule has 0 fully saturated rings. The van der Waals surface area contributed by atoms with Crippen LogP contribution in [0.1, 0.15) is 18.1 Å². The van der Waals surface area contributed by atoms with E-state index in [-0.39, 0.29) is 12.5 Å². The van der Waals surface area contributed by atoms with Crippen LogP contribution in [0.15, 0.2) is 58.8 Å². The minimum Gasteiger partial charge on any atom is -0.471 e. The molecule has 0 spiro atoms. The summed E-state index contributed by atoms with van der Waals surface area (Å²) >= 11 is 0. The Labute approximate surface area is 139 Å². The highest BCUT2D eigenvalue weighted by atomic mass is 19.1. The third-order valence-electron chi connectivity index (χ3n) is 3.08. The molecule has 0 amide bonds. The lowest BCUT2D eigenvalue weighted by molar-refractivity contribution is 0.277. The number of pyridine rings is 1. The topological polar surface area (TPSA) is 84.9 Å². The summed E-state index contributed by atoms with van der Waals surface area (Å²) in [6, 6.07) is 10.7. The van der Waals surface area contributed by atoms with Gasteiger partial charge in [0.15, 0.2) is 5.82 Å². The number of hydrazine groups is 1. The van der Waals surface area contributed by atoms with Gasteiger partial charge in [0.05, 0.1) is 11.9 Å². The molecule has 0 saturated heterocycles. The Morgan fingerprint density at radius 1 is 1.42 bits per heavy atom. The molecule has 0 bridgehead atoms. The van der Waals surface area contributed by atoms with E-state index in [0.717, 1.165) is 5.56 Å². The van der Waals surface area contributed by atoms with E-state index >= 15 is 0 Å². The predicted octanol–water partition coefficient (Wildman–Crippen LogP) is 2.68. The maximum atomic E-state index is 14.2. The van der Waals surface area contributed by atoms with Crippen molar-refractivity contribution >= 4 is 18.3 Å². The normalized spacial score (nSPS) is 12.0. The number of hydrogen-bond donors (Lipinski definition) is 2. The second-order valence-corrected chi connectivity index (χ2v) is 4.82. The van der Waals surface area contributed by atoms with Crippen molar-refractivity contribution in [2.75, 3.05) is 0 Å². The van der Waals surface area contributed by atoms with E-state index in [9.17, 15) is 4.39 Å². The average molecular weight is 327 g/mol. The molecular weight excluding hydrogens is 309 g/mol. The lowest BCUT2D eigenvalue weighted by atomic mass is 10.2. The lowest BCUT2D eigenvalue weighted by Gasteiger charge is -2.08. The van der Waals surface area contributed by atoms with Gasteiger partial charge in [-0.15, -0.1) is 0 Å². The highest BCUT2D eigenvalue weighted by Gasteiger charge is 2.09. The lowest BCUT2D eigenvalue weighted by Crippen LogP contribution is -2.27. The van der Waals surface area contributed by atoms with Gasteiger partial charge in [-0.25, -0.2) is 20.2 Å². The quantitative estimate of drug-likeness (QED) is 0.370. The molecule has 7 heteroatoms. The van der Waals surface area contributed by atoms with E-state index < -0.39 is 5.82 Å². The Balaban J connectivity index is 2.15. The van der Waals surface area contributed by atoms with E-state index in [0.29, 0.717) is 17.1 Å². The summed E-state index contributed by atoms with van der Waals surface area (Å²) in [5, 5.41) is 0. The van der Waals surface area contributed by atoms with E-state index in [1.165, 1.54) is 18.5 Å². The monoisotopic (exact) mass is 327 g/mol. The molecule has 0 unspecified atom stereocenters.